The minimum absolute atomic E-state index is 0.0439. The molecule has 1 aromatic heterocycles. The Labute approximate surface area is 359 Å². The molecule has 0 radical (unpaired) electrons. The molecule has 2 nitrogen and oxygen atoms in total. The average molecular weight is 791 g/mol. The zero-order valence-electron chi connectivity index (χ0n) is 33.1. The molecule has 2 aliphatic heterocycles. The van der Waals surface area contributed by atoms with E-state index in [1.54, 1.807) is 0 Å². The molecular weight excluding hydrogens is 756 g/mol. The lowest BCUT2D eigenvalue weighted by atomic mass is 9.36. The van der Waals surface area contributed by atoms with Crippen molar-refractivity contribution in [3.8, 4) is 33.4 Å². The first-order valence-electron chi connectivity index (χ1n) is 21.2. The van der Waals surface area contributed by atoms with E-state index >= 15 is 0 Å². The topological polar surface area (TPSA) is 6.48 Å². The van der Waals surface area contributed by atoms with Crippen LogP contribution in [-0.2, 0) is 5.41 Å². The van der Waals surface area contributed by atoms with Gasteiger partial charge in [0.2, 0.25) is 0 Å². The number of rotatable bonds is 3. The predicted octanol–water partition coefficient (Wildman–Crippen LogP) is 13.0. The lowest BCUT2D eigenvalue weighted by molar-refractivity contribution is 0.795. The van der Waals surface area contributed by atoms with Crippen LogP contribution in [0.25, 0.3) is 43.5 Å². The Morgan fingerprint density at radius 1 is 0.393 bits per heavy atom. The Morgan fingerprint density at radius 2 is 0.934 bits per heavy atom. The summed E-state index contributed by atoms with van der Waals surface area (Å²) in [5.41, 5.74) is 22.9. The molecule has 0 atom stereocenters. The molecule has 61 heavy (non-hydrogen) atoms. The van der Waals surface area contributed by atoms with E-state index in [0.717, 1.165) is 5.69 Å². The van der Waals surface area contributed by atoms with Crippen molar-refractivity contribution in [1.82, 2.24) is 0 Å². The lowest BCUT2D eigenvalue weighted by Crippen LogP contribution is -2.60. The molecule has 3 heterocycles. The molecule has 4 aliphatic rings. The van der Waals surface area contributed by atoms with E-state index in [9.17, 15) is 0 Å². The van der Waals surface area contributed by atoms with Gasteiger partial charge in [-0.15, -0.1) is 11.3 Å². The predicted molar refractivity (Wildman–Crippen MR) is 258 cm³/mol. The molecule has 0 fully saturated rings. The van der Waals surface area contributed by atoms with E-state index in [1.807, 2.05) is 11.3 Å². The van der Waals surface area contributed by atoms with Crippen LogP contribution >= 0.6 is 11.3 Å². The summed E-state index contributed by atoms with van der Waals surface area (Å²) in [6.45, 7) is 0.0439. The first-order chi connectivity index (χ1) is 30.3. The molecule has 2 aliphatic carbocycles. The maximum atomic E-state index is 2.58. The van der Waals surface area contributed by atoms with Crippen molar-refractivity contribution in [2.24, 2.45) is 0 Å². The lowest BCUT2D eigenvalue weighted by Gasteiger charge is -2.43. The molecule has 0 unspecified atom stereocenters. The van der Waals surface area contributed by atoms with E-state index in [0.29, 0.717) is 0 Å². The van der Waals surface area contributed by atoms with Crippen LogP contribution in [0.15, 0.2) is 212 Å². The summed E-state index contributed by atoms with van der Waals surface area (Å²) in [6, 6.07) is 79.4. The third-order valence-corrected chi connectivity index (χ3v) is 15.0. The molecule has 1 spiro atoms. The fourth-order valence-corrected chi connectivity index (χ4v) is 12.9. The summed E-state index contributed by atoms with van der Waals surface area (Å²) in [5, 5.41) is 1.30. The number of thiophene rings is 1. The van der Waals surface area contributed by atoms with Crippen LogP contribution < -0.4 is 25.5 Å². The third kappa shape index (κ3) is 4.32. The van der Waals surface area contributed by atoms with Gasteiger partial charge in [0.25, 0.3) is 6.71 Å². The van der Waals surface area contributed by atoms with Crippen molar-refractivity contribution in [2.45, 2.75) is 5.41 Å². The number of benzene rings is 9. The molecule has 9 aromatic carbocycles. The molecule has 282 valence electrons. The van der Waals surface area contributed by atoms with E-state index in [4.69, 9.17) is 0 Å². The number of anilines is 6. The van der Waals surface area contributed by atoms with Gasteiger partial charge in [0.1, 0.15) is 0 Å². The molecule has 10 aromatic rings. The van der Waals surface area contributed by atoms with Gasteiger partial charge in [-0.3, -0.25) is 0 Å². The van der Waals surface area contributed by atoms with E-state index in [2.05, 4.69) is 222 Å². The molecular formula is C57H35BN2S. The Hall–Kier alpha value is -7.40. The van der Waals surface area contributed by atoms with Crippen molar-refractivity contribution >= 4 is 78.0 Å². The number of fused-ring (bicyclic) bond motifs is 16. The maximum Gasteiger partial charge on any atom is 0.264 e. The van der Waals surface area contributed by atoms with Crippen LogP contribution in [0.3, 0.4) is 0 Å². The van der Waals surface area contributed by atoms with Crippen LogP contribution in [0.5, 0.6) is 0 Å². The van der Waals surface area contributed by atoms with Crippen LogP contribution in [-0.4, -0.2) is 6.71 Å². The largest absolute Gasteiger partial charge is 0.311 e. The van der Waals surface area contributed by atoms with Crippen LogP contribution in [0.4, 0.5) is 34.1 Å². The standard InChI is InChI=1S/C57H35BN2S/c1-4-17-36(18-5-1)37-31-32-49-52(33-37)59(38-19-6-2-7-20-38)50-29-16-30-51-54(50)58(49)56-55(60(51)39-21-8-3-9-22-39)44-34-43-42-25-12-15-28-47(42)57(48(43)35-53(44)61-56)45-26-13-10-23-40(45)41-24-11-14-27-46(41)57/h1-35H. The molecule has 0 bridgehead atoms. The zero-order chi connectivity index (χ0) is 39.8. The van der Waals surface area contributed by atoms with Gasteiger partial charge in [-0.2, -0.15) is 0 Å². The smallest absolute Gasteiger partial charge is 0.264 e. The number of hydrogen-bond acceptors (Lipinski definition) is 3. The third-order valence-electron chi connectivity index (χ3n) is 13.8. The minimum Gasteiger partial charge on any atom is -0.311 e. The van der Waals surface area contributed by atoms with Gasteiger partial charge in [-0.25, -0.2) is 0 Å². The Kier molecular flexibility index (Phi) is 6.76. The fraction of sp³-hybridized carbons (Fsp3) is 0.0175. The maximum absolute atomic E-state index is 2.58. The number of para-hydroxylation sites is 2. The Morgan fingerprint density at radius 3 is 1.57 bits per heavy atom. The van der Waals surface area contributed by atoms with Gasteiger partial charge in [0.15, 0.2) is 0 Å². The summed E-state index contributed by atoms with van der Waals surface area (Å²) in [6.07, 6.45) is 0. The first kappa shape index (κ1) is 33.4. The normalized spacial score (nSPS) is 14.3. The summed E-state index contributed by atoms with van der Waals surface area (Å²) >= 11 is 1.99. The van der Waals surface area contributed by atoms with Gasteiger partial charge in [-0.05, 0) is 121 Å². The molecule has 0 saturated carbocycles. The summed E-state index contributed by atoms with van der Waals surface area (Å²) in [7, 11) is 0. The van der Waals surface area contributed by atoms with Crippen LogP contribution in [0.1, 0.15) is 22.3 Å². The van der Waals surface area contributed by atoms with Gasteiger partial charge in [-0.1, -0.05) is 158 Å². The van der Waals surface area contributed by atoms with Crippen molar-refractivity contribution < 1.29 is 0 Å². The molecule has 4 heteroatoms. The number of hydrogen-bond donors (Lipinski definition) is 0. The van der Waals surface area contributed by atoms with E-state index in [-0.39, 0.29) is 6.71 Å². The van der Waals surface area contributed by atoms with Gasteiger partial charge >= 0.3 is 0 Å². The SMILES string of the molecule is c1ccc(-c2ccc3c(c2)N(c2ccccc2)c2cccc4c2B3c2sc3cc5c(cc3c2N4c2ccccc2)-c2ccccc2C52c3ccccc3-c3ccccc32)cc1. The van der Waals surface area contributed by atoms with Crippen LogP contribution in [0.2, 0.25) is 0 Å². The molecule has 14 rings (SSSR count). The average Bonchev–Trinajstić information content (AvgIpc) is 3.95. The molecule has 0 amide bonds. The minimum atomic E-state index is -0.394. The highest BCUT2D eigenvalue weighted by Gasteiger charge is 2.52. The Balaban J connectivity index is 1.09. The van der Waals surface area contributed by atoms with Crippen molar-refractivity contribution in [3.05, 3.63) is 235 Å². The summed E-state index contributed by atoms with van der Waals surface area (Å²) in [5.74, 6) is 0. The second-order valence-corrected chi connectivity index (χ2v) is 17.8. The zero-order valence-corrected chi connectivity index (χ0v) is 33.9. The van der Waals surface area contributed by atoms with Crippen molar-refractivity contribution in [1.29, 1.82) is 0 Å². The van der Waals surface area contributed by atoms with Crippen molar-refractivity contribution in [2.75, 3.05) is 9.80 Å². The van der Waals surface area contributed by atoms with Gasteiger partial charge < -0.3 is 9.80 Å². The first-order valence-corrected chi connectivity index (χ1v) is 22.0. The molecule has 0 saturated heterocycles. The highest BCUT2D eigenvalue weighted by molar-refractivity contribution is 7.33. The number of nitrogens with zero attached hydrogens (tertiary/aromatic N) is 2. The highest BCUT2D eigenvalue weighted by Crippen LogP contribution is 2.64. The van der Waals surface area contributed by atoms with Crippen molar-refractivity contribution in [3.63, 3.8) is 0 Å². The monoisotopic (exact) mass is 790 g/mol. The second kappa shape index (κ2) is 12.3. The quantitative estimate of drug-likeness (QED) is 0.165. The van der Waals surface area contributed by atoms with Gasteiger partial charge in [0, 0.05) is 43.3 Å². The van der Waals surface area contributed by atoms with Gasteiger partial charge in [0.05, 0.1) is 11.1 Å². The van der Waals surface area contributed by atoms with Crippen LogP contribution in [0, 0.1) is 0 Å². The summed E-state index contributed by atoms with van der Waals surface area (Å²) in [4.78, 5) is 5.07. The molecule has 0 N–H and O–H groups in total. The highest BCUT2D eigenvalue weighted by atomic mass is 32.1. The fourth-order valence-electron chi connectivity index (χ4n) is 11.5. The summed E-state index contributed by atoms with van der Waals surface area (Å²) < 4.78 is 2.71. The van der Waals surface area contributed by atoms with E-state index < -0.39 is 5.41 Å². The second-order valence-electron chi connectivity index (χ2n) is 16.7. The van der Waals surface area contributed by atoms with E-state index in [1.165, 1.54) is 110 Å². The Bertz CT molecular complexity index is 3400.